The zero-order valence-electron chi connectivity index (χ0n) is 9.98. The second-order valence-corrected chi connectivity index (χ2v) is 4.42. The van der Waals surface area contributed by atoms with Gasteiger partial charge in [-0.25, -0.2) is 4.98 Å². The highest BCUT2D eigenvalue weighted by Crippen LogP contribution is 2.27. The number of methoxy groups -OCH3 is 1. The maximum Gasteiger partial charge on any atom is 0.267 e. The Kier molecular flexibility index (Phi) is 3.66. The first kappa shape index (κ1) is 12.6. The Hall–Kier alpha value is -1.82. The number of ether oxygens (including phenoxy) is 1. The van der Waals surface area contributed by atoms with Crippen molar-refractivity contribution in [1.82, 2.24) is 9.97 Å². The molecule has 2 aromatic rings. The van der Waals surface area contributed by atoms with Gasteiger partial charge in [0.2, 0.25) is 0 Å². The standard InChI is InChI=1S/C12H12BrN3O2/c1-16(8-3-5-9(18-2)6-4-8)11-10(13)12(17)15-7-14-11/h3-7H,1-2H3,(H,14,15,17). The Morgan fingerprint density at radius 2 is 2.00 bits per heavy atom. The molecule has 0 spiro atoms. The van der Waals surface area contributed by atoms with Crippen LogP contribution < -0.4 is 15.2 Å². The Bertz CT molecular complexity index is 595. The molecule has 0 saturated carbocycles. The molecular weight excluding hydrogens is 298 g/mol. The van der Waals surface area contributed by atoms with E-state index in [2.05, 4.69) is 25.9 Å². The number of anilines is 2. The van der Waals surface area contributed by atoms with Crippen LogP contribution in [0.25, 0.3) is 0 Å². The van der Waals surface area contributed by atoms with Gasteiger partial charge < -0.3 is 14.6 Å². The van der Waals surface area contributed by atoms with Gasteiger partial charge >= 0.3 is 0 Å². The third kappa shape index (κ3) is 2.38. The summed E-state index contributed by atoms with van der Waals surface area (Å²) in [6, 6.07) is 7.50. The predicted molar refractivity (Wildman–Crippen MR) is 73.6 cm³/mol. The molecule has 1 aromatic heterocycles. The normalized spacial score (nSPS) is 10.2. The van der Waals surface area contributed by atoms with E-state index in [4.69, 9.17) is 4.74 Å². The first-order valence-electron chi connectivity index (χ1n) is 5.24. The molecule has 0 radical (unpaired) electrons. The molecule has 94 valence electrons. The van der Waals surface area contributed by atoms with Crippen LogP contribution in [-0.2, 0) is 0 Å². The van der Waals surface area contributed by atoms with Crippen LogP contribution in [0.1, 0.15) is 0 Å². The molecule has 0 saturated heterocycles. The summed E-state index contributed by atoms with van der Waals surface area (Å²) in [5, 5.41) is 0. The third-order valence-electron chi connectivity index (χ3n) is 2.56. The number of halogens is 1. The van der Waals surface area contributed by atoms with E-state index in [0.717, 1.165) is 11.4 Å². The fraction of sp³-hybridized carbons (Fsp3) is 0.167. The fourth-order valence-corrected chi connectivity index (χ4v) is 2.02. The number of hydrogen-bond acceptors (Lipinski definition) is 4. The van der Waals surface area contributed by atoms with E-state index in [0.29, 0.717) is 10.3 Å². The molecule has 6 heteroatoms. The average molecular weight is 310 g/mol. The third-order valence-corrected chi connectivity index (χ3v) is 3.27. The van der Waals surface area contributed by atoms with Crippen molar-refractivity contribution in [2.45, 2.75) is 0 Å². The molecule has 0 amide bonds. The Morgan fingerprint density at radius 1 is 1.33 bits per heavy atom. The topological polar surface area (TPSA) is 58.2 Å². The minimum absolute atomic E-state index is 0.208. The van der Waals surface area contributed by atoms with Crippen LogP contribution in [0.15, 0.2) is 39.9 Å². The molecular formula is C12H12BrN3O2. The summed E-state index contributed by atoms with van der Waals surface area (Å²) < 4.78 is 5.50. The molecule has 2 rings (SSSR count). The number of nitrogens with one attached hydrogen (secondary N) is 1. The number of aromatic amines is 1. The van der Waals surface area contributed by atoms with Crippen LogP contribution in [0.4, 0.5) is 11.5 Å². The minimum atomic E-state index is -0.208. The van der Waals surface area contributed by atoms with Gasteiger partial charge in [-0.3, -0.25) is 4.79 Å². The molecule has 0 unspecified atom stereocenters. The summed E-state index contributed by atoms with van der Waals surface area (Å²) in [6.45, 7) is 0. The van der Waals surface area contributed by atoms with Crippen molar-refractivity contribution in [3.8, 4) is 5.75 Å². The van der Waals surface area contributed by atoms with Gasteiger partial charge in [0.25, 0.3) is 5.56 Å². The lowest BCUT2D eigenvalue weighted by atomic mass is 10.3. The number of benzene rings is 1. The van der Waals surface area contributed by atoms with Gasteiger partial charge in [-0.2, -0.15) is 0 Å². The van der Waals surface area contributed by atoms with E-state index in [1.165, 1.54) is 6.33 Å². The highest BCUT2D eigenvalue weighted by atomic mass is 79.9. The largest absolute Gasteiger partial charge is 0.497 e. The molecule has 0 fully saturated rings. The fourth-order valence-electron chi connectivity index (χ4n) is 1.54. The Morgan fingerprint density at radius 3 is 2.61 bits per heavy atom. The molecule has 1 heterocycles. The number of nitrogens with zero attached hydrogens (tertiary/aromatic N) is 2. The van der Waals surface area contributed by atoms with Gasteiger partial charge in [0.15, 0.2) is 5.82 Å². The van der Waals surface area contributed by atoms with Gasteiger partial charge in [0.05, 0.1) is 13.4 Å². The molecule has 0 bridgehead atoms. The lowest BCUT2D eigenvalue weighted by Crippen LogP contribution is -2.17. The van der Waals surface area contributed by atoms with E-state index < -0.39 is 0 Å². The Balaban J connectivity index is 2.38. The molecule has 18 heavy (non-hydrogen) atoms. The first-order chi connectivity index (χ1) is 8.63. The van der Waals surface area contributed by atoms with Crippen molar-refractivity contribution in [3.05, 3.63) is 45.4 Å². The lowest BCUT2D eigenvalue weighted by Gasteiger charge is -2.19. The summed E-state index contributed by atoms with van der Waals surface area (Å²) in [7, 11) is 3.46. The highest BCUT2D eigenvalue weighted by Gasteiger charge is 2.11. The summed E-state index contributed by atoms with van der Waals surface area (Å²) >= 11 is 3.23. The van der Waals surface area contributed by atoms with E-state index in [1.807, 2.05) is 36.2 Å². The van der Waals surface area contributed by atoms with Crippen molar-refractivity contribution in [1.29, 1.82) is 0 Å². The highest BCUT2D eigenvalue weighted by molar-refractivity contribution is 9.10. The van der Waals surface area contributed by atoms with Crippen molar-refractivity contribution in [3.63, 3.8) is 0 Å². The number of aromatic nitrogens is 2. The summed E-state index contributed by atoms with van der Waals surface area (Å²) in [5.74, 6) is 1.34. The molecule has 0 aliphatic rings. The lowest BCUT2D eigenvalue weighted by molar-refractivity contribution is 0.415. The quantitative estimate of drug-likeness (QED) is 0.945. The van der Waals surface area contributed by atoms with Gasteiger partial charge in [-0.15, -0.1) is 0 Å². The number of H-pyrrole nitrogens is 1. The molecule has 0 atom stereocenters. The second kappa shape index (κ2) is 5.22. The van der Waals surface area contributed by atoms with Crippen molar-refractivity contribution in [2.75, 3.05) is 19.1 Å². The van der Waals surface area contributed by atoms with Crippen LogP contribution in [0.3, 0.4) is 0 Å². The average Bonchev–Trinajstić information content (AvgIpc) is 2.41. The zero-order valence-corrected chi connectivity index (χ0v) is 11.6. The maximum absolute atomic E-state index is 11.5. The SMILES string of the molecule is COc1ccc(N(C)c2nc[nH]c(=O)c2Br)cc1. The van der Waals surface area contributed by atoms with E-state index in [1.54, 1.807) is 7.11 Å². The van der Waals surface area contributed by atoms with Crippen LogP contribution in [-0.4, -0.2) is 24.1 Å². The monoisotopic (exact) mass is 309 g/mol. The molecule has 1 N–H and O–H groups in total. The summed E-state index contributed by atoms with van der Waals surface area (Å²) in [4.78, 5) is 20.0. The zero-order chi connectivity index (χ0) is 13.1. The van der Waals surface area contributed by atoms with Gasteiger partial charge in [-0.05, 0) is 40.2 Å². The van der Waals surface area contributed by atoms with E-state index >= 15 is 0 Å². The number of hydrogen-bond donors (Lipinski definition) is 1. The van der Waals surface area contributed by atoms with Crippen molar-refractivity contribution < 1.29 is 4.74 Å². The molecule has 0 aliphatic heterocycles. The van der Waals surface area contributed by atoms with Crippen molar-refractivity contribution >= 4 is 27.4 Å². The van der Waals surface area contributed by atoms with Crippen molar-refractivity contribution in [2.24, 2.45) is 0 Å². The first-order valence-corrected chi connectivity index (χ1v) is 6.03. The second-order valence-electron chi connectivity index (χ2n) is 3.63. The molecule has 5 nitrogen and oxygen atoms in total. The van der Waals surface area contributed by atoms with Gasteiger partial charge in [0, 0.05) is 12.7 Å². The molecule has 1 aromatic carbocycles. The number of rotatable bonds is 3. The van der Waals surface area contributed by atoms with Crippen LogP contribution in [0, 0.1) is 0 Å². The van der Waals surface area contributed by atoms with E-state index in [9.17, 15) is 4.79 Å². The molecule has 0 aliphatic carbocycles. The van der Waals surface area contributed by atoms with Crippen LogP contribution in [0.2, 0.25) is 0 Å². The van der Waals surface area contributed by atoms with Crippen LogP contribution >= 0.6 is 15.9 Å². The predicted octanol–water partition coefficient (Wildman–Crippen LogP) is 2.31. The summed E-state index contributed by atoms with van der Waals surface area (Å²) in [5.41, 5.74) is 0.704. The minimum Gasteiger partial charge on any atom is -0.497 e. The van der Waals surface area contributed by atoms with Gasteiger partial charge in [-0.1, -0.05) is 0 Å². The Labute approximate surface area is 113 Å². The van der Waals surface area contributed by atoms with E-state index in [-0.39, 0.29) is 5.56 Å². The van der Waals surface area contributed by atoms with Crippen LogP contribution in [0.5, 0.6) is 5.75 Å². The van der Waals surface area contributed by atoms with Gasteiger partial charge in [0.1, 0.15) is 10.2 Å². The smallest absolute Gasteiger partial charge is 0.267 e. The summed E-state index contributed by atoms with van der Waals surface area (Å²) in [6.07, 6.45) is 1.38. The maximum atomic E-state index is 11.5.